The molecular weight excluding hydrogens is 613 g/mol. The number of aliphatic hydroxyl groups excluding tert-OH is 1. The van der Waals surface area contributed by atoms with E-state index in [9.17, 15) is 5.11 Å². The average molecular weight is 653 g/mol. The molecule has 0 atom stereocenters. The van der Waals surface area contributed by atoms with Crippen LogP contribution in [0.1, 0.15) is 16.7 Å². The maximum Gasteiger partial charge on any atom is 0.119 e. The Morgan fingerprint density at radius 2 is 0.640 bits per heavy atom. The number of rotatable bonds is 10. The van der Waals surface area contributed by atoms with Crippen LogP contribution in [0.3, 0.4) is 0 Å². The molecule has 0 radical (unpaired) electrons. The van der Waals surface area contributed by atoms with Gasteiger partial charge in [0, 0.05) is 34.1 Å². The lowest BCUT2D eigenvalue weighted by atomic mass is 9.99. The molecule has 1 N–H and O–H groups in total. The molecule has 0 aliphatic rings. The van der Waals surface area contributed by atoms with Crippen LogP contribution in [-0.2, 0) is 6.61 Å². The Bertz CT molecular complexity index is 1980. The van der Waals surface area contributed by atoms with Gasteiger partial charge in [0.05, 0.1) is 13.7 Å². The smallest absolute Gasteiger partial charge is 0.119 e. The largest absolute Gasteiger partial charge is 0.497 e. The van der Waals surface area contributed by atoms with Crippen molar-refractivity contribution in [3.8, 4) is 28.0 Å². The SMILES string of the molecule is COc1ccc(N(c2ccc(C)cc2)c2ccc(-c3ccc(-c4ccc(N(c5ccc(C)cc5)c5ccc(CO)cc5)cc4)cc3)cc2)cc1. The molecule has 7 rings (SSSR count). The highest BCUT2D eigenvalue weighted by molar-refractivity contribution is 5.81. The van der Waals surface area contributed by atoms with E-state index in [0.29, 0.717) is 0 Å². The van der Waals surface area contributed by atoms with E-state index in [-0.39, 0.29) is 6.61 Å². The van der Waals surface area contributed by atoms with Gasteiger partial charge in [0.25, 0.3) is 0 Å². The first kappa shape index (κ1) is 32.4. The molecule has 7 aromatic rings. The molecule has 0 aromatic heterocycles. The fourth-order valence-electron chi connectivity index (χ4n) is 6.22. The van der Waals surface area contributed by atoms with Crippen LogP contribution in [-0.4, -0.2) is 12.2 Å². The lowest BCUT2D eigenvalue weighted by Gasteiger charge is -2.26. The zero-order chi connectivity index (χ0) is 34.5. The molecule has 0 aliphatic carbocycles. The second kappa shape index (κ2) is 14.6. The van der Waals surface area contributed by atoms with Crippen LogP contribution < -0.4 is 14.5 Å². The molecule has 0 spiro atoms. The van der Waals surface area contributed by atoms with Crippen molar-refractivity contribution in [3.63, 3.8) is 0 Å². The number of aliphatic hydroxyl groups is 1. The molecule has 0 saturated carbocycles. The van der Waals surface area contributed by atoms with Crippen LogP contribution in [0.25, 0.3) is 22.3 Å². The van der Waals surface area contributed by atoms with E-state index in [1.807, 2.05) is 24.3 Å². The molecule has 50 heavy (non-hydrogen) atoms. The summed E-state index contributed by atoms with van der Waals surface area (Å²) in [7, 11) is 1.69. The van der Waals surface area contributed by atoms with Crippen LogP contribution in [0.15, 0.2) is 170 Å². The minimum atomic E-state index is 0.0286. The fourth-order valence-corrected chi connectivity index (χ4v) is 6.22. The van der Waals surface area contributed by atoms with Gasteiger partial charge in [-0.05, 0) is 127 Å². The third-order valence-corrected chi connectivity index (χ3v) is 9.09. The van der Waals surface area contributed by atoms with Crippen LogP contribution in [0.5, 0.6) is 5.75 Å². The molecule has 0 fully saturated rings. The van der Waals surface area contributed by atoms with Crippen molar-refractivity contribution in [2.75, 3.05) is 16.9 Å². The zero-order valence-electron chi connectivity index (χ0n) is 28.6. The number of ether oxygens (including phenoxy) is 1. The number of nitrogens with zero attached hydrogens (tertiary/aromatic N) is 2. The van der Waals surface area contributed by atoms with Gasteiger partial charge in [-0.2, -0.15) is 0 Å². The van der Waals surface area contributed by atoms with Crippen LogP contribution in [0.4, 0.5) is 34.1 Å². The summed E-state index contributed by atoms with van der Waals surface area (Å²) in [6.45, 7) is 4.24. The van der Waals surface area contributed by atoms with Crippen molar-refractivity contribution in [1.29, 1.82) is 0 Å². The molecule has 0 amide bonds. The van der Waals surface area contributed by atoms with Crippen LogP contribution >= 0.6 is 0 Å². The Kier molecular flexibility index (Phi) is 9.45. The average Bonchev–Trinajstić information content (AvgIpc) is 3.18. The Hall–Kier alpha value is -6.10. The topological polar surface area (TPSA) is 35.9 Å². The Morgan fingerprint density at radius 3 is 0.940 bits per heavy atom. The zero-order valence-corrected chi connectivity index (χ0v) is 28.6. The van der Waals surface area contributed by atoms with Crippen molar-refractivity contribution in [2.24, 2.45) is 0 Å². The van der Waals surface area contributed by atoms with Gasteiger partial charge in [-0.1, -0.05) is 96.1 Å². The second-order valence-corrected chi connectivity index (χ2v) is 12.5. The molecule has 246 valence electrons. The minimum Gasteiger partial charge on any atom is -0.497 e. The van der Waals surface area contributed by atoms with Gasteiger partial charge in [-0.25, -0.2) is 0 Å². The van der Waals surface area contributed by atoms with Crippen LogP contribution in [0.2, 0.25) is 0 Å². The van der Waals surface area contributed by atoms with Gasteiger partial charge in [0.15, 0.2) is 0 Å². The maximum atomic E-state index is 9.56. The summed E-state index contributed by atoms with van der Waals surface area (Å²) in [6.07, 6.45) is 0. The molecule has 7 aromatic carbocycles. The molecule has 0 bridgehead atoms. The molecule has 0 heterocycles. The number of anilines is 6. The number of hydrogen-bond donors (Lipinski definition) is 1. The van der Waals surface area contributed by atoms with E-state index in [1.165, 1.54) is 16.7 Å². The summed E-state index contributed by atoms with van der Waals surface area (Å²) in [6, 6.07) is 59.6. The first-order valence-corrected chi connectivity index (χ1v) is 16.9. The number of aryl methyl sites for hydroxylation is 2. The van der Waals surface area contributed by atoms with E-state index in [1.54, 1.807) is 7.11 Å². The standard InChI is InChI=1S/C46H40N2O2/c1-33-4-18-40(19-5-33)47(42-22-8-35(32-49)9-23-42)43-24-14-38(15-25-43)36-10-12-37(13-11-36)39-16-26-44(27-17-39)48(41-20-6-34(2)7-21-41)45-28-30-46(50-3)31-29-45/h4-31,49H,32H2,1-3H3. The number of benzene rings is 7. The van der Waals surface area contributed by atoms with E-state index >= 15 is 0 Å². The molecular formula is C46H40N2O2. The minimum absolute atomic E-state index is 0.0286. The predicted octanol–water partition coefficient (Wildman–Crippen LogP) is 12.1. The Morgan fingerprint density at radius 1 is 0.380 bits per heavy atom. The second-order valence-electron chi connectivity index (χ2n) is 12.5. The summed E-state index contributed by atoms with van der Waals surface area (Å²) in [5, 5.41) is 9.56. The fraction of sp³-hybridized carbons (Fsp3) is 0.0870. The van der Waals surface area contributed by atoms with E-state index in [2.05, 4.69) is 169 Å². The van der Waals surface area contributed by atoms with Gasteiger partial charge in [0.1, 0.15) is 5.75 Å². The van der Waals surface area contributed by atoms with Gasteiger partial charge < -0.3 is 19.6 Å². The van der Waals surface area contributed by atoms with E-state index < -0.39 is 0 Å². The highest BCUT2D eigenvalue weighted by atomic mass is 16.5. The normalized spacial score (nSPS) is 10.9. The highest BCUT2D eigenvalue weighted by Gasteiger charge is 2.15. The molecule has 0 aliphatic heterocycles. The number of hydrogen-bond acceptors (Lipinski definition) is 4. The van der Waals surface area contributed by atoms with Gasteiger partial charge >= 0.3 is 0 Å². The third-order valence-electron chi connectivity index (χ3n) is 9.09. The summed E-state index contributed by atoms with van der Waals surface area (Å²) in [5.41, 5.74) is 14.4. The highest BCUT2D eigenvalue weighted by Crippen LogP contribution is 2.38. The molecule has 4 heteroatoms. The quantitative estimate of drug-likeness (QED) is 0.159. The summed E-state index contributed by atoms with van der Waals surface area (Å²) < 4.78 is 5.41. The molecule has 0 saturated heterocycles. The lowest BCUT2D eigenvalue weighted by Crippen LogP contribution is -2.10. The van der Waals surface area contributed by atoms with Crippen molar-refractivity contribution in [3.05, 3.63) is 187 Å². The first-order chi connectivity index (χ1) is 24.5. The third kappa shape index (κ3) is 7.02. The number of methoxy groups -OCH3 is 1. The summed E-state index contributed by atoms with van der Waals surface area (Å²) in [4.78, 5) is 4.51. The van der Waals surface area contributed by atoms with Crippen LogP contribution in [0, 0.1) is 13.8 Å². The molecule has 4 nitrogen and oxygen atoms in total. The van der Waals surface area contributed by atoms with Crippen molar-refractivity contribution in [1.82, 2.24) is 0 Å². The monoisotopic (exact) mass is 652 g/mol. The van der Waals surface area contributed by atoms with Gasteiger partial charge in [0.2, 0.25) is 0 Å². The Labute approximate surface area is 295 Å². The van der Waals surface area contributed by atoms with E-state index in [0.717, 1.165) is 62.1 Å². The lowest BCUT2D eigenvalue weighted by molar-refractivity contribution is 0.282. The van der Waals surface area contributed by atoms with Crippen molar-refractivity contribution >= 4 is 34.1 Å². The molecule has 0 unspecified atom stereocenters. The van der Waals surface area contributed by atoms with Gasteiger partial charge in [-0.3, -0.25) is 0 Å². The first-order valence-electron chi connectivity index (χ1n) is 16.9. The van der Waals surface area contributed by atoms with Gasteiger partial charge in [-0.15, -0.1) is 0 Å². The Balaban J connectivity index is 1.12. The predicted molar refractivity (Wildman–Crippen MR) is 209 cm³/mol. The van der Waals surface area contributed by atoms with Crippen molar-refractivity contribution < 1.29 is 9.84 Å². The maximum absolute atomic E-state index is 9.56. The van der Waals surface area contributed by atoms with Crippen molar-refractivity contribution in [2.45, 2.75) is 20.5 Å². The summed E-state index contributed by atoms with van der Waals surface area (Å²) >= 11 is 0. The van der Waals surface area contributed by atoms with E-state index in [4.69, 9.17) is 4.74 Å². The summed E-state index contributed by atoms with van der Waals surface area (Å²) in [5.74, 6) is 0.835.